The molecule has 3 aromatic rings. The summed E-state index contributed by atoms with van der Waals surface area (Å²) in [5.74, 6) is 1.60. The average Bonchev–Trinajstić information content (AvgIpc) is 3.36. The van der Waals surface area contributed by atoms with E-state index in [1.54, 1.807) is 36.8 Å². The van der Waals surface area contributed by atoms with E-state index in [-0.39, 0.29) is 5.82 Å². The molecule has 2 heterocycles. The second-order valence-corrected chi connectivity index (χ2v) is 7.98. The van der Waals surface area contributed by atoms with Crippen molar-refractivity contribution >= 4 is 0 Å². The maximum Gasteiger partial charge on any atom is 0.163 e. The molecule has 29 heavy (non-hydrogen) atoms. The lowest BCUT2D eigenvalue weighted by atomic mass is 10.1. The van der Waals surface area contributed by atoms with Crippen LogP contribution in [0, 0.1) is 17.7 Å². The summed E-state index contributed by atoms with van der Waals surface area (Å²) >= 11 is 0. The maximum atomic E-state index is 14.1. The molecule has 0 radical (unpaired) electrons. The molecule has 1 aromatic carbocycles. The maximum absolute atomic E-state index is 14.1. The first-order valence-corrected chi connectivity index (χ1v) is 9.97. The molecule has 6 nitrogen and oxygen atoms in total. The summed E-state index contributed by atoms with van der Waals surface area (Å²) in [6, 6.07) is 6.55. The van der Waals surface area contributed by atoms with Crippen molar-refractivity contribution in [3.63, 3.8) is 0 Å². The van der Waals surface area contributed by atoms with E-state index in [2.05, 4.69) is 34.1 Å². The quantitative estimate of drug-likeness (QED) is 0.609. The SMILES string of the molecule is CN(C)C[C@@H]1CC[C@H](COc2cncnc2-c2cnn(-c3ccccc3F)c2)C1. The van der Waals surface area contributed by atoms with Crippen LogP contribution in [-0.4, -0.2) is 51.9 Å². The predicted octanol–water partition coefficient (Wildman–Crippen LogP) is 3.83. The van der Waals surface area contributed by atoms with Gasteiger partial charge in [-0.25, -0.2) is 19.0 Å². The predicted molar refractivity (Wildman–Crippen MR) is 109 cm³/mol. The number of para-hydroxylation sites is 1. The lowest BCUT2D eigenvalue weighted by Crippen LogP contribution is -2.20. The Balaban J connectivity index is 1.46. The van der Waals surface area contributed by atoms with E-state index < -0.39 is 0 Å². The summed E-state index contributed by atoms with van der Waals surface area (Å²) in [5.41, 5.74) is 1.83. The van der Waals surface area contributed by atoms with Gasteiger partial charge in [0.25, 0.3) is 0 Å². The van der Waals surface area contributed by atoms with Crippen LogP contribution < -0.4 is 4.74 Å². The van der Waals surface area contributed by atoms with Gasteiger partial charge in [0.05, 0.1) is 19.0 Å². The fourth-order valence-corrected chi connectivity index (χ4v) is 4.07. The zero-order valence-electron chi connectivity index (χ0n) is 16.8. The monoisotopic (exact) mass is 395 g/mol. The molecule has 152 valence electrons. The standard InChI is InChI=1S/C22H26FN5O/c1-27(2)12-16-7-8-17(9-16)14-29-21-11-24-15-25-22(21)18-10-26-28(13-18)20-6-4-3-5-19(20)23/h3-6,10-11,13,15-17H,7-9,12,14H2,1-2H3/t16-,17+/m1/s1. The fraction of sp³-hybridized carbons (Fsp3) is 0.409. The first kappa shape index (κ1) is 19.5. The fourth-order valence-electron chi connectivity index (χ4n) is 4.07. The Hall–Kier alpha value is -2.80. The summed E-state index contributed by atoms with van der Waals surface area (Å²) in [7, 11) is 4.25. The highest BCUT2D eigenvalue weighted by molar-refractivity contribution is 5.64. The summed E-state index contributed by atoms with van der Waals surface area (Å²) in [4.78, 5) is 10.8. The molecule has 0 aliphatic heterocycles. The van der Waals surface area contributed by atoms with Gasteiger partial charge in [0.15, 0.2) is 5.75 Å². The molecule has 1 fully saturated rings. The van der Waals surface area contributed by atoms with Crippen molar-refractivity contribution < 1.29 is 9.13 Å². The zero-order valence-corrected chi connectivity index (χ0v) is 16.8. The van der Waals surface area contributed by atoms with Gasteiger partial charge in [0.2, 0.25) is 0 Å². The van der Waals surface area contributed by atoms with Gasteiger partial charge in [-0.2, -0.15) is 5.10 Å². The topological polar surface area (TPSA) is 56.1 Å². The first-order chi connectivity index (χ1) is 14.1. The van der Waals surface area contributed by atoms with Crippen LogP contribution in [0.25, 0.3) is 16.9 Å². The van der Waals surface area contributed by atoms with Gasteiger partial charge in [-0.1, -0.05) is 12.1 Å². The molecular formula is C22H26FN5O. The molecule has 2 atom stereocenters. The van der Waals surface area contributed by atoms with Crippen molar-refractivity contribution in [2.45, 2.75) is 19.3 Å². The summed E-state index contributed by atoms with van der Waals surface area (Å²) < 4.78 is 21.7. The van der Waals surface area contributed by atoms with Crippen molar-refractivity contribution in [2.75, 3.05) is 27.2 Å². The number of benzene rings is 1. The highest BCUT2D eigenvalue weighted by Gasteiger charge is 2.26. The number of hydrogen-bond donors (Lipinski definition) is 0. The van der Waals surface area contributed by atoms with Crippen LogP contribution >= 0.6 is 0 Å². The van der Waals surface area contributed by atoms with E-state index in [9.17, 15) is 4.39 Å². The Morgan fingerprint density at radius 3 is 2.83 bits per heavy atom. The number of rotatable bonds is 7. The van der Waals surface area contributed by atoms with Crippen LogP contribution in [0.2, 0.25) is 0 Å². The summed E-state index contributed by atoms with van der Waals surface area (Å²) in [5, 5.41) is 4.30. The van der Waals surface area contributed by atoms with Crippen LogP contribution in [0.4, 0.5) is 4.39 Å². The van der Waals surface area contributed by atoms with E-state index in [1.165, 1.54) is 36.3 Å². The third kappa shape index (κ3) is 4.62. The molecule has 1 saturated carbocycles. The van der Waals surface area contributed by atoms with Gasteiger partial charge in [0.1, 0.15) is 23.5 Å². The number of ether oxygens (including phenoxy) is 1. The van der Waals surface area contributed by atoms with E-state index >= 15 is 0 Å². The molecule has 0 amide bonds. The van der Waals surface area contributed by atoms with Crippen molar-refractivity contribution in [3.8, 4) is 22.7 Å². The van der Waals surface area contributed by atoms with Gasteiger partial charge >= 0.3 is 0 Å². The number of aromatic nitrogens is 4. The third-order valence-electron chi connectivity index (χ3n) is 5.38. The Bertz CT molecular complexity index is 958. The smallest absolute Gasteiger partial charge is 0.163 e. The van der Waals surface area contributed by atoms with Gasteiger partial charge in [-0.05, 0) is 57.3 Å². The van der Waals surface area contributed by atoms with Crippen molar-refractivity contribution in [3.05, 3.63) is 55.0 Å². The molecule has 7 heteroatoms. The normalized spacial score (nSPS) is 19.0. The molecule has 4 rings (SSSR count). The van der Waals surface area contributed by atoms with Crippen molar-refractivity contribution in [1.29, 1.82) is 0 Å². The number of hydrogen-bond acceptors (Lipinski definition) is 5. The van der Waals surface area contributed by atoms with Crippen LogP contribution in [0.1, 0.15) is 19.3 Å². The highest BCUT2D eigenvalue weighted by Crippen LogP contribution is 2.33. The average molecular weight is 395 g/mol. The summed E-state index contributed by atoms with van der Waals surface area (Å²) in [6.45, 7) is 1.79. The molecule has 0 bridgehead atoms. The van der Waals surface area contributed by atoms with E-state index in [1.807, 2.05) is 0 Å². The molecule has 0 N–H and O–H groups in total. The Kier molecular flexibility index (Phi) is 5.85. The van der Waals surface area contributed by atoms with Gasteiger partial charge in [-0.15, -0.1) is 0 Å². The van der Waals surface area contributed by atoms with E-state index in [0.717, 1.165) is 18.0 Å². The third-order valence-corrected chi connectivity index (χ3v) is 5.38. The Labute approximate surface area is 170 Å². The van der Waals surface area contributed by atoms with Crippen LogP contribution in [0.15, 0.2) is 49.2 Å². The van der Waals surface area contributed by atoms with Crippen LogP contribution in [0.5, 0.6) is 5.75 Å². The second kappa shape index (κ2) is 8.69. The van der Waals surface area contributed by atoms with Gasteiger partial charge in [-0.3, -0.25) is 0 Å². The van der Waals surface area contributed by atoms with E-state index in [4.69, 9.17) is 4.74 Å². The zero-order chi connectivity index (χ0) is 20.2. The molecule has 2 aromatic heterocycles. The number of nitrogens with zero attached hydrogens (tertiary/aromatic N) is 5. The lowest BCUT2D eigenvalue weighted by molar-refractivity contribution is 0.241. The van der Waals surface area contributed by atoms with Gasteiger partial charge in [0, 0.05) is 18.3 Å². The Morgan fingerprint density at radius 2 is 2.00 bits per heavy atom. The molecule has 0 spiro atoms. The van der Waals surface area contributed by atoms with Crippen molar-refractivity contribution in [2.24, 2.45) is 11.8 Å². The van der Waals surface area contributed by atoms with Gasteiger partial charge < -0.3 is 9.64 Å². The van der Waals surface area contributed by atoms with Crippen molar-refractivity contribution in [1.82, 2.24) is 24.6 Å². The van der Waals surface area contributed by atoms with E-state index in [0.29, 0.717) is 29.7 Å². The minimum atomic E-state index is -0.324. The molecule has 1 aliphatic rings. The molecule has 1 aliphatic carbocycles. The molecule has 0 saturated heterocycles. The first-order valence-electron chi connectivity index (χ1n) is 9.97. The van der Waals surface area contributed by atoms with Crippen LogP contribution in [-0.2, 0) is 0 Å². The summed E-state index contributed by atoms with van der Waals surface area (Å²) in [6.07, 6.45) is 10.2. The number of halogens is 1. The largest absolute Gasteiger partial charge is 0.489 e. The molecule has 0 unspecified atom stereocenters. The minimum Gasteiger partial charge on any atom is -0.489 e. The van der Waals surface area contributed by atoms with Crippen LogP contribution in [0.3, 0.4) is 0 Å². The Morgan fingerprint density at radius 1 is 1.17 bits per heavy atom. The lowest BCUT2D eigenvalue weighted by Gasteiger charge is -2.16. The molecular weight excluding hydrogens is 369 g/mol. The second-order valence-electron chi connectivity index (χ2n) is 7.98. The highest BCUT2D eigenvalue weighted by atomic mass is 19.1. The minimum absolute atomic E-state index is 0.324.